The van der Waals surface area contributed by atoms with Crippen molar-refractivity contribution >= 4 is 29.5 Å². The van der Waals surface area contributed by atoms with E-state index in [1.807, 2.05) is 60.7 Å². The Kier molecular flexibility index (Phi) is 20.2. The van der Waals surface area contributed by atoms with Gasteiger partial charge in [-0.1, -0.05) is 37.3 Å². The molecule has 2 atom stereocenters. The summed E-state index contributed by atoms with van der Waals surface area (Å²) in [6.07, 6.45) is -12.6. The second kappa shape index (κ2) is 23.8. The van der Waals surface area contributed by atoms with Gasteiger partial charge in [-0.15, -0.1) is 12.6 Å². The zero-order chi connectivity index (χ0) is 45.3. The Balaban J connectivity index is 0.000000606. The van der Waals surface area contributed by atoms with Gasteiger partial charge in [0.05, 0.1) is 13.2 Å². The smallest absolute Gasteiger partial charge is 0.453 e. The Morgan fingerprint density at radius 2 is 1.30 bits per heavy atom. The van der Waals surface area contributed by atoms with Crippen molar-refractivity contribution in [3.8, 4) is 23.0 Å². The van der Waals surface area contributed by atoms with Crippen molar-refractivity contribution in [3.05, 3.63) is 83.4 Å². The molecular formula is C42H50F10O7S2. The lowest BCUT2D eigenvalue weighted by Crippen LogP contribution is -2.41. The molecule has 19 heteroatoms. The maximum absolute atomic E-state index is 13.1. The Bertz CT molecular complexity index is 1780. The normalized spacial score (nSPS) is 16.8. The average molecular weight is 921 g/mol. The summed E-state index contributed by atoms with van der Waals surface area (Å²) in [7, 11) is 3.14. The minimum absolute atomic E-state index is 0.00595. The first-order valence-electron chi connectivity index (χ1n) is 19.2. The first-order valence-corrected chi connectivity index (χ1v) is 20.8. The number of carbonyl (C=O) groups excluding carboxylic acids is 1. The fraction of sp³-hybridized carbons (Fsp3) is 0.548. The number of fused-ring (bicyclic) bond motifs is 1. The van der Waals surface area contributed by atoms with Crippen LogP contribution >= 0.6 is 24.4 Å². The topological polar surface area (TPSA) is 72.5 Å². The highest BCUT2D eigenvalue weighted by molar-refractivity contribution is 7.99. The van der Waals surface area contributed by atoms with E-state index in [0.29, 0.717) is 36.2 Å². The number of ether oxygens (including phenoxy) is 6. The number of hydrogen-bond donors (Lipinski definition) is 1. The molecular weight excluding hydrogens is 871 g/mol. The lowest BCUT2D eigenvalue weighted by Gasteiger charge is -2.43. The molecule has 0 bridgehead atoms. The first kappa shape index (κ1) is 51.8. The molecule has 3 aromatic rings. The number of hydrogen-bond acceptors (Lipinski definition) is 8. The number of unbranched alkanes of at least 4 members (excludes halogenated alkanes) is 2. The number of methoxy groups -OCH3 is 2. The predicted octanol–water partition coefficient (Wildman–Crippen LogP) is 12.2. The Morgan fingerprint density at radius 3 is 1.90 bits per heavy atom. The molecule has 4 rings (SSSR count). The standard InChI is InChI=1S/C35H41F5O6S.C7H9F5OS/c1-33(26-10-12-27(13-11-26)45-23-41-2)22-44-31-21-29(46-24-42-3)14-15-30(31)32(33)25-8-6-9-28(20-25)43-17-4-5-18-47-19-7-16-34(36,37)35(38,39)40;8-6(9,7(10,11)12)4-2-1-3-5(13)14/h6,8-15,20-21,32H,4-5,7,16-19,22-24H2,1-3H3;1-4H2,(H,13,14). The largest absolute Gasteiger partial charge is 0.494 e. The van der Waals surface area contributed by atoms with E-state index in [1.165, 1.54) is 11.8 Å². The lowest BCUT2D eigenvalue weighted by molar-refractivity contribution is -0.284. The fourth-order valence-electron chi connectivity index (χ4n) is 6.29. The van der Waals surface area contributed by atoms with Gasteiger partial charge in [-0.2, -0.15) is 55.7 Å². The summed E-state index contributed by atoms with van der Waals surface area (Å²) in [6.45, 7) is 3.31. The van der Waals surface area contributed by atoms with Crippen LogP contribution in [0.15, 0.2) is 66.7 Å². The summed E-state index contributed by atoms with van der Waals surface area (Å²) < 4.78 is 156. The van der Waals surface area contributed by atoms with Gasteiger partial charge in [-0.05, 0) is 85.1 Å². The van der Waals surface area contributed by atoms with Crippen molar-refractivity contribution in [2.24, 2.45) is 0 Å². The molecule has 0 radical (unpaired) electrons. The van der Waals surface area contributed by atoms with Crippen molar-refractivity contribution in [1.29, 1.82) is 0 Å². The Hall–Kier alpha value is -3.55. The number of rotatable bonds is 23. The van der Waals surface area contributed by atoms with Crippen molar-refractivity contribution in [2.45, 2.75) is 93.8 Å². The number of benzene rings is 3. The van der Waals surface area contributed by atoms with Gasteiger partial charge < -0.3 is 28.4 Å². The maximum atomic E-state index is 13.1. The SMILES string of the molecule is COCOc1ccc(C2(C)COc3cc(OCOC)ccc3C2c2cccc(OCCCCSCCCC(F)(F)C(F)(F)F)c2)cc1.O=C(S)CCCCC(F)(F)C(F)(F)F. The van der Waals surface area contributed by atoms with Crippen LogP contribution < -0.4 is 18.9 Å². The van der Waals surface area contributed by atoms with E-state index in [4.69, 9.17) is 28.4 Å². The van der Waals surface area contributed by atoms with Gasteiger partial charge in [-0.3, -0.25) is 4.79 Å². The van der Waals surface area contributed by atoms with Crippen molar-refractivity contribution in [3.63, 3.8) is 0 Å². The lowest BCUT2D eigenvalue weighted by atomic mass is 9.65. The number of thioether (sulfide) groups is 1. The van der Waals surface area contributed by atoms with Crippen LogP contribution in [0.25, 0.3) is 0 Å². The Morgan fingerprint density at radius 1 is 0.721 bits per heavy atom. The van der Waals surface area contributed by atoms with Gasteiger partial charge in [0.1, 0.15) is 23.0 Å². The molecule has 1 aliphatic heterocycles. The summed E-state index contributed by atoms with van der Waals surface area (Å²) in [6, 6.07) is 21.7. The van der Waals surface area contributed by atoms with Crippen molar-refractivity contribution in [1.82, 2.24) is 0 Å². The van der Waals surface area contributed by atoms with E-state index in [2.05, 4.69) is 25.6 Å². The molecule has 3 aromatic carbocycles. The molecule has 1 heterocycles. The van der Waals surface area contributed by atoms with Crippen LogP contribution in [0.4, 0.5) is 43.9 Å². The monoisotopic (exact) mass is 920 g/mol. The highest BCUT2D eigenvalue weighted by atomic mass is 32.2. The molecule has 342 valence electrons. The summed E-state index contributed by atoms with van der Waals surface area (Å²) in [5, 5.41) is -0.514. The zero-order valence-electron chi connectivity index (χ0n) is 33.8. The second-order valence-corrected chi connectivity index (χ2v) is 16.0. The van der Waals surface area contributed by atoms with E-state index in [0.717, 1.165) is 35.3 Å². The highest BCUT2D eigenvalue weighted by Gasteiger charge is 2.57. The third-order valence-corrected chi connectivity index (χ3v) is 10.9. The van der Waals surface area contributed by atoms with E-state index in [-0.39, 0.29) is 50.9 Å². The highest BCUT2D eigenvalue weighted by Crippen LogP contribution is 2.51. The third-order valence-electron chi connectivity index (χ3n) is 9.54. The molecule has 0 aliphatic carbocycles. The summed E-state index contributed by atoms with van der Waals surface area (Å²) in [5.41, 5.74) is 2.67. The second-order valence-electron chi connectivity index (χ2n) is 14.3. The van der Waals surface area contributed by atoms with Gasteiger partial charge in [0, 0.05) is 56.4 Å². The molecule has 0 saturated heterocycles. The minimum Gasteiger partial charge on any atom is -0.494 e. The van der Waals surface area contributed by atoms with Crippen LogP contribution in [0.1, 0.15) is 80.9 Å². The third kappa shape index (κ3) is 15.9. The van der Waals surface area contributed by atoms with Crippen molar-refractivity contribution in [2.75, 3.05) is 52.5 Å². The van der Waals surface area contributed by atoms with E-state index < -0.39 is 47.6 Å². The van der Waals surface area contributed by atoms with Crippen LogP contribution in [0.3, 0.4) is 0 Å². The van der Waals surface area contributed by atoms with E-state index in [1.54, 1.807) is 14.2 Å². The molecule has 0 saturated carbocycles. The summed E-state index contributed by atoms with van der Waals surface area (Å²) >= 11 is 4.73. The number of carbonyl (C=O) groups is 1. The minimum atomic E-state index is -5.50. The van der Waals surface area contributed by atoms with Crippen molar-refractivity contribution < 1.29 is 77.1 Å². The van der Waals surface area contributed by atoms with E-state index >= 15 is 0 Å². The van der Waals surface area contributed by atoms with Gasteiger partial charge in [0.25, 0.3) is 0 Å². The molecule has 61 heavy (non-hydrogen) atoms. The molecule has 0 aromatic heterocycles. The quantitative estimate of drug-likeness (QED) is 0.0436. The molecule has 1 aliphatic rings. The first-order chi connectivity index (χ1) is 28.6. The van der Waals surface area contributed by atoms with E-state index in [9.17, 15) is 48.7 Å². The molecule has 0 spiro atoms. The van der Waals surface area contributed by atoms with Gasteiger partial charge >= 0.3 is 24.2 Å². The predicted molar refractivity (Wildman–Crippen MR) is 215 cm³/mol. The van der Waals surface area contributed by atoms with Crippen LogP contribution in [0, 0.1) is 0 Å². The number of halogens is 10. The van der Waals surface area contributed by atoms with Gasteiger partial charge in [0.2, 0.25) is 0 Å². The van der Waals surface area contributed by atoms with Crippen LogP contribution in [0.2, 0.25) is 0 Å². The number of thiol groups is 1. The van der Waals surface area contributed by atoms with Gasteiger partial charge in [-0.25, -0.2) is 0 Å². The molecule has 2 unspecified atom stereocenters. The maximum Gasteiger partial charge on any atom is 0.453 e. The van der Waals surface area contributed by atoms with Crippen LogP contribution in [-0.2, 0) is 19.7 Å². The number of alkyl halides is 10. The zero-order valence-corrected chi connectivity index (χ0v) is 35.5. The van der Waals surface area contributed by atoms with Crippen LogP contribution in [-0.4, -0.2) is 81.8 Å². The fourth-order valence-corrected chi connectivity index (χ4v) is 7.41. The molecule has 0 fully saturated rings. The Labute approximate surface area is 358 Å². The molecule has 7 nitrogen and oxygen atoms in total. The summed E-state index contributed by atoms with van der Waals surface area (Å²) in [4.78, 5) is 10.2. The average Bonchev–Trinajstić information content (AvgIpc) is 3.19. The molecule has 0 amide bonds. The van der Waals surface area contributed by atoms with Crippen LogP contribution in [0.5, 0.6) is 23.0 Å². The summed E-state index contributed by atoms with van der Waals surface area (Å²) in [5.74, 6) is -5.70. The van der Waals surface area contributed by atoms with Gasteiger partial charge in [0.15, 0.2) is 18.7 Å². The molecule has 0 N–H and O–H groups in total.